The first-order valence-electron chi connectivity index (χ1n) is 11.8. The standard InChI is InChI=1S/C27H26FN3O7/c1-13-17-10-19-20(15-5-7-16(28)8-6-15)12-37-23(19)14(2)24(17)38-26(35)18(13)11-22(32)31-21(25(33)34)4-3-9-30-27(29)36/h5-8,10,12,21H,3-4,9,11H2,1-2H3,(H,31,32)(H,33,34)(H3,29,30,36)/p-1/t21-/m0/s1. The maximum Gasteiger partial charge on any atom is 0.340 e. The van der Waals surface area contributed by atoms with Crippen LogP contribution in [0.3, 0.4) is 0 Å². The number of aliphatic carboxylic acids is 1. The van der Waals surface area contributed by atoms with E-state index in [1.165, 1.54) is 12.1 Å². The number of hydrogen-bond acceptors (Lipinski definition) is 7. The number of carbonyl (C=O) groups is 3. The number of furan rings is 1. The van der Waals surface area contributed by atoms with E-state index in [9.17, 15) is 28.7 Å². The summed E-state index contributed by atoms with van der Waals surface area (Å²) in [7, 11) is 0. The van der Waals surface area contributed by atoms with Gasteiger partial charge in [-0.2, -0.15) is 0 Å². The Morgan fingerprint density at radius 3 is 2.45 bits per heavy atom. The van der Waals surface area contributed by atoms with Gasteiger partial charge < -0.3 is 35.1 Å². The molecule has 3 amide bonds. The molecule has 10 nitrogen and oxygen atoms in total. The molecule has 1 atom stereocenters. The molecule has 0 spiro atoms. The van der Waals surface area contributed by atoms with Gasteiger partial charge in [0.2, 0.25) is 5.91 Å². The molecule has 11 heteroatoms. The largest absolute Gasteiger partial charge is 0.548 e. The van der Waals surface area contributed by atoms with Crippen LogP contribution < -0.4 is 27.1 Å². The molecule has 0 unspecified atom stereocenters. The molecule has 0 aliphatic rings. The van der Waals surface area contributed by atoms with Crippen LogP contribution in [0.25, 0.3) is 33.1 Å². The van der Waals surface area contributed by atoms with E-state index < -0.39 is 36.0 Å². The highest BCUT2D eigenvalue weighted by Crippen LogP contribution is 2.37. The first-order chi connectivity index (χ1) is 18.1. The number of carboxylic acid groups (broad SMARTS) is 1. The molecule has 2 aromatic carbocycles. The fourth-order valence-corrected chi connectivity index (χ4v) is 4.43. The van der Waals surface area contributed by atoms with Crippen molar-refractivity contribution in [3.63, 3.8) is 0 Å². The highest BCUT2D eigenvalue weighted by atomic mass is 19.1. The first kappa shape index (κ1) is 26.4. The summed E-state index contributed by atoms with van der Waals surface area (Å²) < 4.78 is 24.8. The highest BCUT2D eigenvalue weighted by Gasteiger charge is 2.21. The second-order valence-corrected chi connectivity index (χ2v) is 8.95. The van der Waals surface area contributed by atoms with E-state index in [2.05, 4.69) is 10.6 Å². The Morgan fingerprint density at radius 1 is 1.08 bits per heavy atom. The Balaban J connectivity index is 1.65. The van der Waals surface area contributed by atoms with E-state index in [-0.39, 0.29) is 30.8 Å². The van der Waals surface area contributed by atoms with E-state index in [1.54, 1.807) is 38.3 Å². The van der Waals surface area contributed by atoms with Crippen molar-refractivity contribution >= 4 is 39.8 Å². The van der Waals surface area contributed by atoms with E-state index in [0.29, 0.717) is 27.7 Å². The summed E-state index contributed by atoms with van der Waals surface area (Å²) in [5, 5.41) is 17.5. The maximum atomic E-state index is 13.4. The van der Waals surface area contributed by atoms with Gasteiger partial charge in [-0.3, -0.25) is 4.79 Å². The van der Waals surface area contributed by atoms with Gasteiger partial charge in [0, 0.05) is 28.4 Å². The van der Waals surface area contributed by atoms with E-state index in [4.69, 9.17) is 14.6 Å². The smallest absolute Gasteiger partial charge is 0.340 e. The van der Waals surface area contributed by atoms with Gasteiger partial charge in [0.15, 0.2) is 0 Å². The van der Waals surface area contributed by atoms with Gasteiger partial charge in [-0.25, -0.2) is 14.0 Å². The zero-order valence-corrected chi connectivity index (χ0v) is 20.7. The average Bonchev–Trinajstić information content (AvgIpc) is 3.29. The number of rotatable bonds is 9. The Kier molecular flexibility index (Phi) is 7.47. The van der Waals surface area contributed by atoms with E-state index >= 15 is 0 Å². The van der Waals surface area contributed by atoms with Gasteiger partial charge in [0.25, 0.3) is 0 Å². The number of hydrogen-bond donors (Lipinski definition) is 3. The summed E-state index contributed by atoms with van der Waals surface area (Å²) in [5.74, 6) is -2.57. The number of benzene rings is 2. The number of urea groups is 1. The predicted molar refractivity (Wildman–Crippen MR) is 135 cm³/mol. The van der Waals surface area contributed by atoms with Gasteiger partial charge in [0.1, 0.15) is 17.0 Å². The van der Waals surface area contributed by atoms with Crippen LogP contribution in [0, 0.1) is 19.7 Å². The van der Waals surface area contributed by atoms with Crippen molar-refractivity contribution < 1.29 is 32.7 Å². The Bertz CT molecular complexity index is 1610. The van der Waals surface area contributed by atoms with Crippen molar-refractivity contribution in [2.45, 2.75) is 39.2 Å². The molecular weight excluding hydrogens is 497 g/mol. The fraction of sp³-hybridized carbons (Fsp3) is 0.259. The van der Waals surface area contributed by atoms with Crippen LogP contribution in [0.15, 0.2) is 50.2 Å². The lowest BCUT2D eigenvalue weighted by Crippen LogP contribution is -2.48. The van der Waals surface area contributed by atoms with Crippen molar-refractivity contribution in [1.82, 2.24) is 10.6 Å². The minimum atomic E-state index is -1.49. The summed E-state index contributed by atoms with van der Waals surface area (Å²) in [6, 6.07) is 5.67. The molecule has 198 valence electrons. The summed E-state index contributed by atoms with van der Waals surface area (Å²) in [5.41, 5.74) is 7.67. The minimum Gasteiger partial charge on any atom is -0.548 e. The van der Waals surface area contributed by atoms with Gasteiger partial charge in [0.05, 0.1) is 30.3 Å². The summed E-state index contributed by atoms with van der Waals surface area (Å²) in [6.07, 6.45) is 1.35. The number of halogens is 1. The number of nitrogens with two attached hydrogens (primary N) is 1. The number of fused-ring (bicyclic) bond motifs is 2. The Morgan fingerprint density at radius 2 is 1.79 bits per heavy atom. The van der Waals surface area contributed by atoms with Gasteiger partial charge >= 0.3 is 11.7 Å². The first-order valence-corrected chi connectivity index (χ1v) is 11.8. The van der Waals surface area contributed by atoms with Crippen LogP contribution in [-0.2, 0) is 16.0 Å². The van der Waals surface area contributed by atoms with Crippen molar-refractivity contribution in [3.8, 4) is 11.1 Å². The zero-order chi connectivity index (χ0) is 27.6. The van der Waals surface area contributed by atoms with Crippen LogP contribution in [0.1, 0.15) is 29.5 Å². The minimum absolute atomic E-state index is 0.0104. The third-order valence-corrected chi connectivity index (χ3v) is 6.42. The van der Waals surface area contributed by atoms with Crippen LogP contribution in [0.5, 0.6) is 0 Å². The van der Waals surface area contributed by atoms with Gasteiger partial charge in [-0.1, -0.05) is 12.1 Å². The third kappa shape index (κ3) is 5.36. The second kappa shape index (κ2) is 10.8. The highest BCUT2D eigenvalue weighted by molar-refractivity contribution is 6.05. The Hall–Kier alpha value is -4.67. The lowest BCUT2D eigenvalue weighted by Gasteiger charge is -2.20. The molecule has 0 aliphatic heterocycles. The topological polar surface area (TPSA) is 168 Å². The van der Waals surface area contributed by atoms with Crippen molar-refractivity contribution in [3.05, 3.63) is 69.5 Å². The van der Waals surface area contributed by atoms with Crippen LogP contribution in [0.2, 0.25) is 0 Å². The normalized spacial score (nSPS) is 12.0. The lowest BCUT2D eigenvalue weighted by molar-refractivity contribution is -0.308. The molecule has 4 N–H and O–H groups in total. The van der Waals surface area contributed by atoms with Crippen molar-refractivity contribution in [1.29, 1.82) is 0 Å². The number of carbonyl (C=O) groups excluding carboxylic acids is 3. The third-order valence-electron chi connectivity index (χ3n) is 6.42. The lowest BCUT2D eigenvalue weighted by atomic mass is 9.97. The van der Waals surface area contributed by atoms with Crippen molar-refractivity contribution in [2.24, 2.45) is 5.73 Å². The molecule has 38 heavy (non-hydrogen) atoms. The summed E-state index contributed by atoms with van der Waals surface area (Å²) in [6.45, 7) is 3.55. The Labute approximate surface area is 215 Å². The quantitative estimate of drug-likeness (QED) is 0.224. The van der Waals surface area contributed by atoms with E-state index in [1.807, 2.05) is 0 Å². The summed E-state index contributed by atoms with van der Waals surface area (Å²) >= 11 is 0. The van der Waals surface area contributed by atoms with Crippen LogP contribution >= 0.6 is 0 Å². The molecule has 0 saturated carbocycles. The number of carboxylic acids is 1. The van der Waals surface area contributed by atoms with Gasteiger partial charge in [-0.15, -0.1) is 0 Å². The zero-order valence-electron chi connectivity index (χ0n) is 20.7. The van der Waals surface area contributed by atoms with Crippen LogP contribution in [0.4, 0.5) is 9.18 Å². The number of nitrogens with one attached hydrogen (secondary N) is 2. The molecule has 4 aromatic rings. The second-order valence-electron chi connectivity index (χ2n) is 8.95. The molecule has 0 bridgehead atoms. The SMILES string of the molecule is Cc1c(CC(=O)N[C@@H](CCCNC(N)=O)C(=O)[O-])c(=O)oc2c(C)c3occ(-c4ccc(F)cc4)c3cc12. The predicted octanol–water partition coefficient (Wildman–Crippen LogP) is 2.19. The molecule has 0 fully saturated rings. The summed E-state index contributed by atoms with van der Waals surface area (Å²) in [4.78, 5) is 47.8. The average molecular weight is 523 g/mol. The molecule has 2 aromatic heterocycles. The molecule has 2 heterocycles. The van der Waals surface area contributed by atoms with Crippen LogP contribution in [-0.4, -0.2) is 30.5 Å². The molecule has 0 radical (unpaired) electrons. The maximum absolute atomic E-state index is 13.4. The molecule has 4 rings (SSSR count). The molecule has 0 saturated heterocycles. The molecule has 0 aliphatic carbocycles. The van der Waals surface area contributed by atoms with Gasteiger partial charge in [-0.05, 0) is 56.0 Å². The number of amides is 3. The van der Waals surface area contributed by atoms with E-state index in [0.717, 1.165) is 16.5 Å². The van der Waals surface area contributed by atoms with Crippen molar-refractivity contribution in [2.75, 3.05) is 6.54 Å². The number of aryl methyl sites for hydroxylation is 2. The fourth-order valence-electron chi connectivity index (χ4n) is 4.43. The monoisotopic (exact) mass is 522 g/mol. The molecular formula is C27H25FN3O7-. The number of primary amides is 1.